The Morgan fingerprint density at radius 3 is 2.62 bits per heavy atom. The number of nitrogens with zero attached hydrogens (tertiary/aromatic N) is 3. The van der Waals surface area contributed by atoms with Crippen molar-refractivity contribution in [1.29, 1.82) is 0 Å². The molecule has 2 aromatic rings. The first-order valence-electron chi connectivity index (χ1n) is 8.63. The lowest BCUT2D eigenvalue weighted by Gasteiger charge is -2.37. The van der Waals surface area contributed by atoms with E-state index >= 15 is 0 Å². The molecule has 4 rings (SSSR count). The van der Waals surface area contributed by atoms with Gasteiger partial charge in [0.2, 0.25) is 5.43 Å². The summed E-state index contributed by atoms with van der Waals surface area (Å²) in [6.45, 7) is 5.43. The minimum Gasteiger partial charge on any atom is -0.506 e. The molecule has 2 aliphatic heterocycles. The van der Waals surface area contributed by atoms with E-state index in [-0.39, 0.29) is 22.7 Å². The number of anilines is 1. The van der Waals surface area contributed by atoms with Gasteiger partial charge in [-0.1, -0.05) is 0 Å². The molecular formula is C18H21N3O5. The summed E-state index contributed by atoms with van der Waals surface area (Å²) < 4.78 is 7.71. The molecule has 138 valence electrons. The van der Waals surface area contributed by atoms with Crippen LogP contribution in [0.3, 0.4) is 0 Å². The zero-order valence-corrected chi connectivity index (χ0v) is 14.7. The van der Waals surface area contributed by atoms with Crippen molar-refractivity contribution in [2.24, 2.45) is 0 Å². The first kappa shape index (κ1) is 16.7. The zero-order chi connectivity index (χ0) is 18.6. The Kier molecular flexibility index (Phi) is 3.80. The van der Waals surface area contributed by atoms with Crippen LogP contribution >= 0.6 is 0 Å². The van der Waals surface area contributed by atoms with E-state index in [1.54, 1.807) is 4.57 Å². The topological polar surface area (TPSA) is 95.2 Å². The normalized spacial score (nSPS) is 20.2. The summed E-state index contributed by atoms with van der Waals surface area (Å²) in [4.78, 5) is 28.3. The third kappa shape index (κ3) is 2.40. The van der Waals surface area contributed by atoms with Gasteiger partial charge in [-0.3, -0.25) is 4.79 Å². The van der Waals surface area contributed by atoms with Gasteiger partial charge in [0.05, 0.1) is 16.9 Å². The van der Waals surface area contributed by atoms with Crippen LogP contribution in [-0.2, 0) is 0 Å². The maximum Gasteiger partial charge on any atom is 0.341 e. The number of phenols is 1. The number of carboxylic acids is 1. The van der Waals surface area contributed by atoms with E-state index in [9.17, 15) is 19.8 Å². The number of carboxylic acid groups (broad SMARTS) is 1. The summed E-state index contributed by atoms with van der Waals surface area (Å²) in [5, 5.41) is 20.2. The van der Waals surface area contributed by atoms with E-state index in [1.807, 2.05) is 14.0 Å². The molecule has 1 unspecified atom stereocenters. The molecule has 0 amide bonds. The Labute approximate surface area is 149 Å². The van der Waals surface area contributed by atoms with Crippen LogP contribution in [0.1, 0.15) is 23.3 Å². The van der Waals surface area contributed by atoms with E-state index in [0.717, 1.165) is 26.2 Å². The van der Waals surface area contributed by atoms with E-state index in [2.05, 4.69) is 9.80 Å². The van der Waals surface area contributed by atoms with Gasteiger partial charge < -0.3 is 29.3 Å². The molecule has 0 aliphatic carbocycles. The van der Waals surface area contributed by atoms with Gasteiger partial charge in [-0.05, 0) is 20.0 Å². The molecule has 1 fully saturated rings. The molecule has 1 atom stereocenters. The summed E-state index contributed by atoms with van der Waals surface area (Å²) in [5.74, 6) is -0.877. The summed E-state index contributed by atoms with van der Waals surface area (Å²) in [6.07, 6.45) is 1.38. The number of hydrogen-bond acceptors (Lipinski definition) is 6. The van der Waals surface area contributed by atoms with Crippen molar-refractivity contribution in [3.63, 3.8) is 0 Å². The smallest absolute Gasteiger partial charge is 0.341 e. The second kappa shape index (κ2) is 5.91. The van der Waals surface area contributed by atoms with E-state index < -0.39 is 11.4 Å². The highest BCUT2D eigenvalue weighted by atomic mass is 16.5. The number of benzene rings is 1. The van der Waals surface area contributed by atoms with Crippen molar-refractivity contribution in [2.75, 3.05) is 44.7 Å². The number of aromatic hydroxyl groups is 1. The molecule has 0 saturated carbocycles. The van der Waals surface area contributed by atoms with Gasteiger partial charge in [0.25, 0.3) is 0 Å². The molecule has 2 aliphatic rings. The number of ether oxygens (including phenoxy) is 1. The summed E-state index contributed by atoms with van der Waals surface area (Å²) in [5.41, 5.74) is 0.214. The van der Waals surface area contributed by atoms with Crippen LogP contribution in [0.25, 0.3) is 10.9 Å². The summed E-state index contributed by atoms with van der Waals surface area (Å²) >= 11 is 0. The minimum atomic E-state index is -1.27. The molecule has 26 heavy (non-hydrogen) atoms. The van der Waals surface area contributed by atoms with Crippen LogP contribution in [0, 0.1) is 0 Å². The fraction of sp³-hybridized carbons (Fsp3) is 0.444. The zero-order valence-electron chi connectivity index (χ0n) is 14.7. The van der Waals surface area contributed by atoms with Crippen molar-refractivity contribution in [1.82, 2.24) is 9.47 Å². The van der Waals surface area contributed by atoms with E-state index in [0.29, 0.717) is 23.6 Å². The SMILES string of the molecule is CC1COc2c(N3CCN(C)CC3)c(O)cc3c(=O)c(C(=O)O)cn1c23. The fourth-order valence-corrected chi connectivity index (χ4v) is 3.72. The Hall–Kier alpha value is -2.74. The molecule has 2 N–H and O–H groups in total. The predicted molar refractivity (Wildman–Crippen MR) is 96.7 cm³/mol. The average Bonchev–Trinajstić information content (AvgIpc) is 2.60. The molecule has 0 bridgehead atoms. The van der Waals surface area contributed by atoms with Crippen LogP contribution in [0.15, 0.2) is 17.1 Å². The molecule has 0 radical (unpaired) electrons. The van der Waals surface area contributed by atoms with Gasteiger partial charge in [0.1, 0.15) is 23.6 Å². The second-order valence-corrected chi connectivity index (χ2v) is 7.00. The van der Waals surface area contributed by atoms with Crippen LogP contribution in [-0.4, -0.2) is 65.5 Å². The molecule has 8 nitrogen and oxygen atoms in total. The number of phenolic OH excluding ortho intramolecular Hbond substituents is 1. The van der Waals surface area contributed by atoms with Gasteiger partial charge in [-0.15, -0.1) is 0 Å². The average molecular weight is 359 g/mol. The summed E-state index contributed by atoms with van der Waals surface area (Å²) in [6, 6.07) is 1.26. The first-order valence-corrected chi connectivity index (χ1v) is 8.63. The van der Waals surface area contributed by atoms with Crippen molar-refractivity contribution in [2.45, 2.75) is 13.0 Å². The van der Waals surface area contributed by atoms with Crippen molar-refractivity contribution in [3.8, 4) is 11.5 Å². The number of aromatic nitrogens is 1. The Morgan fingerprint density at radius 2 is 1.96 bits per heavy atom. The molecule has 1 aromatic heterocycles. The minimum absolute atomic E-state index is 0.0576. The largest absolute Gasteiger partial charge is 0.506 e. The highest BCUT2D eigenvalue weighted by molar-refractivity contribution is 5.99. The third-order valence-electron chi connectivity index (χ3n) is 5.22. The monoisotopic (exact) mass is 359 g/mol. The first-order chi connectivity index (χ1) is 12.4. The predicted octanol–water partition coefficient (Wildman–Crippen LogP) is 1.11. The number of carbonyl (C=O) groups is 1. The molecule has 3 heterocycles. The highest BCUT2D eigenvalue weighted by Gasteiger charge is 2.30. The molecular weight excluding hydrogens is 338 g/mol. The maximum atomic E-state index is 12.6. The van der Waals surface area contributed by atoms with Crippen LogP contribution in [0.5, 0.6) is 11.5 Å². The molecule has 1 saturated heterocycles. The number of piperazine rings is 1. The number of hydrogen-bond donors (Lipinski definition) is 2. The van der Waals surface area contributed by atoms with E-state index in [1.165, 1.54) is 12.3 Å². The Balaban J connectivity index is 2.00. The fourth-order valence-electron chi connectivity index (χ4n) is 3.72. The molecule has 0 spiro atoms. The van der Waals surface area contributed by atoms with Gasteiger partial charge in [0, 0.05) is 32.4 Å². The molecule has 8 heteroatoms. The van der Waals surface area contributed by atoms with Crippen LogP contribution < -0.4 is 15.1 Å². The second-order valence-electron chi connectivity index (χ2n) is 7.00. The van der Waals surface area contributed by atoms with Crippen molar-refractivity contribution >= 4 is 22.6 Å². The third-order valence-corrected chi connectivity index (χ3v) is 5.22. The standard InChI is InChI=1S/C18H21N3O5/c1-10-9-26-17-14-11(16(23)12(18(24)25)8-21(10)14)7-13(22)15(17)20-5-3-19(2)4-6-20/h7-8,10,22H,3-6,9H2,1-2H3,(H,24,25). The van der Waals surface area contributed by atoms with Crippen molar-refractivity contribution in [3.05, 3.63) is 28.0 Å². The lowest BCUT2D eigenvalue weighted by molar-refractivity contribution is 0.0694. The van der Waals surface area contributed by atoms with Gasteiger partial charge in [0.15, 0.2) is 5.75 Å². The number of aromatic carboxylic acids is 1. The molecule has 1 aromatic carbocycles. The highest BCUT2D eigenvalue weighted by Crippen LogP contribution is 2.45. The van der Waals surface area contributed by atoms with E-state index in [4.69, 9.17) is 4.74 Å². The number of rotatable bonds is 2. The number of pyridine rings is 1. The Morgan fingerprint density at radius 1 is 1.27 bits per heavy atom. The quantitative estimate of drug-likeness (QED) is 0.829. The van der Waals surface area contributed by atoms with Gasteiger partial charge in [-0.2, -0.15) is 0 Å². The lowest BCUT2D eigenvalue weighted by atomic mass is 10.0. The summed E-state index contributed by atoms with van der Waals surface area (Å²) in [7, 11) is 2.05. The lowest BCUT2D eigenvalue weighted by Crippen LogP contribution is -2.44. The van der Waals surface area contributed by atoms with Gasteiger partial charge >= 0.3 is 5.97 Å². The van der Waals surface area contributed by atoms with Gasteiger partial charge in [-0.25, -0.2) is 4.79 Å². The van der Waals surface area contributed by atoms with Crippen LogP contribution in [0.2, 0.25) is 0 Å². The maximum absolute atomic E-state index is 12.6. The van der Waals surface area contributed by atoms with Crippen molar-refractivity contribution < 1.29 is 19.7 Å². The number of likely N-dealkylation sites (N-methyl/N-ethyl adjacent to an activating group) is 1. The van der Waals surface area contributed by atoms with Crippen LogP contribution in [0.4, 0.5) is 5.69 Å². The Bertz CT molecular complexity index is 960.